The highest BCUT2D eigenvalue weighted by Gasteiger charge is 2.02. The summed E-state index contributed by atoms with van der Waals surface area (Å²) in [6.07, 6.45) is 11.8. The van der Waals surface area contributed by atoms with E-state index in [9.17, 15) is 0 Å². The van der Waals surface area contributed by atoms with E-state index in [-0.39, 0.29) is 11.7 Å². The predicted molar refractivity (Wildman–Crippen MR) is 126 cm³/mol. The largest absolute Gasteiger partial charge is 0.384 e. The molecule has 0 aliphatic carbocycles. The van der Waals surface area contributed by atoms with Crippen LogP contribution >= 0.6 is 0 Å². The molecule has 6 nitrogen and oxygen atoms in total. The van der Waals surface area contributed by atoms with Crippen LogP contribution < -0.4 is 11.5 Å². The summed E-state index contributed by atoms with van der Waals surface area (Å²) in [7, 11) is 0. The Hall–Kier alpha value is -4.32. The highest BCUT2D eigenvalue weighted by atomic mass is 14.7. The topological polar surface area (TPSA) is 131 Å². The SMILES string of the molecule is N=C(N)c1ccc2[nH]c(/C=C/C=C/C=C/c3cc4cc(C(=N)N)ccc4[nH]3)cc2c1. The molecule has 8 N–H and O–H groups in total. The Balaban J connectivity index is 1.42. The third kappa shape index (κ3) is 4.07. The number of aromatic nitrogens is 2. The van der Waals surface area contributed by atoms with Crippen LogP contribution in [0.1, 0.15) is 22.5 Å². The van der Waals surface area contributed by atoms with Crippen molar-refractivity contribution in [1.82, 2.24) is 9.97 Å². The number of hydrogen-bond donors (Lipinski definition) is 6. The van der Waals surface area contributed by atoms with Gasteiger partial charge < -0.3 is 21.4 Å². The Morgan fingerprint density at radius 3 is 1.47 bits per heavy atom. The second kappa shape index (κ2) is 7.97. The van der Waals surface area contributed by atoms with Gasteiger partial charge in [-0.15, -0.1) is 0 Å². The van der Waals surface area contributed by atoms with Crippen molar-refractivity contribution in [1.29, 1.82) is 10.8 Å². The third-order valence-corrected chi connectivity index (χ3v) is 4.79. The van der Waals surface area contributed by atoms with E-state index < -0.39 is 0 Å². The average Bonchev–Trinajstić information content (AvgIpc) is 3.32. The predicted octanol–water partition coefficient (Wildman–Crippen LogP) is 4.50. The normalized spacial score (nSPS) is 12.1. The molecule has 0 amide bonds. The molecule has 148 valence electrons. The smallest absolute Gasteiger partial charge is 0.122 e. The van der Waals surface area contributed by atoms with Crippen LogP contribution in [0.4, 0.5) is 0 Å². The molecule has 4 aromatic rings. The maximum absolute atomic E-state index is 7.53. The van der Waals surface area contributed by atoms with Gasteiger partial charge in [0.15, 0.2) is 0 Å². The number of allylic oxidation sites excluding steroid dienone is 4. The quantitative estimate of drug-likeness (QED) is 0.163. The zero-order chi connectivity index (χ0) is 21.1. The average molecular weight is 394 g/mol. The van der Waals surface area contributed by atoms with Crippen molar-refractivity contribution in [2.24, 2.45) is 11.5 Å². The van der Waals surface area contributed by atoms with Gasteiger partial charge in [-0.3, -0.25) is 10.8 Å². The summed E-state index contributed by atoms with van der Waals surface area (Å²) >= 11 is 0. The standard InChI is InChI=1S/C24H22N6/c25-23(26)15-7-9-21-17(11-15)13-19(29-21)5-3-1-2-4-6-20-14-18-12-16(24(27)28)8-10-22(18)30-20/h1-14,29-30H,(H3,25,26)(H3,27,28)/b2-1+,5-3+,6-4+. The summed E-state index contributed by atoms with van der Waals surface area (Å²) in [6.45, 7) is 0. The Morgan fingerprint density at radius 2 is 1.07 bits per heavy atom. The van der Waals surface area contributed by atoms with Crippen LogP contribution in [0.3, 0.4) is 0 Å². The maximum atomic E-state index is 7.53. The lowest BCUT2D eigenvalue weighted by molar-refractivity contribution is 1.42. The van der Waals surface area contributed by atoms with Gasteiger partial charge in [-0.25, -0.2) is 0 Å². The zero-order valence-electron chi connectivity index (χ0n) is 16.2. The lowest BCUT2D eigenvalue weighted by Gasteiger charge is -1.96. The number of rotatable bonds is 6. The Kier molecular flexibility index (Phi) is 5.05. The van der Waals surface area contributed by atoms with Gasteiger partial charge in [-0.1, -0.05) is 24.3 Å². The molecule has 2 aromatic carbocycles. The zero-order valence-corrected chi connectivity index (χ0v) is 16.2. The van der Waals surface area contributed by atoms with Gasteiger partial charge in [-0.05, 0) is 60.7 Å². The van der Waals surface area contributed by atoms with Crippen LogP contribution in [0, 0.1) is 10.8 Å². The summed E-state index contributed by atoms with van der Waals surface area (Å²) in [4.78, 5) is 6.65. The molecule has 0 aliphatic heterocycles. The van der Waals surface area contributed by atoms with Crippen LogP contribution in [0.25, 0.3) is 34.0 Å². The monoisotopic (exact) mass is 394 g/mol. The Bertz CT molecular complexity index is 1240. The first-order valence-electron chi connectivity index (χ1n) is 9.45. The highest BCUT2D eigenvalue weighted by molar-refractivity contribution is 5.99. The third-order valence-electron chi connectivity index (χ3n) is 4.79. The number of nitrogens with one attached hydrogen (secondary N) is 4. The molecule has 0 saturated heterocycles. The van der Waals surface area contributed by atoms with E-state index in [0.717, 1.165) is 44.3 Å². The maximum Gasteiger partial charge on any atom is 0.122 e. The molecule has 2 aromatic heterocycles. The minimum absolute atomic E-state index is 0.0687. The first kappa shape index (κ1) is 19.0. The lowest BCUT2D eigenvalue weighted by atomic mass is 10.1. The number of aromatic amines is 2. The van der Waals surface area contributed by atoms with Crippen molar-refractivity contribution in [2.45, 2.75) is 0 Å². The number of amidine groups is 2. The van der Waals surface area contributed by atoms with Crippen LogP contribution in [0.15, 0.2) is 72.8 Å². The van der Waals surface area contributed by atoms with Crippen LogP contribution in [0.2, 0.25) is 0 Å². The molecule has 6 heteroatoms. The fourth-order valence-corrected chi connectivity index (χ4v) is 3.27. The number of fused-ring (bicyclic) bond motifs is 2. The van der Waals surface area contributed by atoms with Crippen molar-refractivity contribution >= 4 is 45.6 Å². The number of nitrogens with two attached hydrogens (primary N) is 2. The fourth-order valence-electron chi connectivity index (χ4n) is 3.27. The van der Waals surface area contributed by atoms with E-state index in [4.69, 9.17) is 22.3 Å². The van der Waals surface area contributed by atoms with Gasteiger partial charge in [-0.2, -0.15) is 0 Å². The summed E-state index contributed by atoms with van der Waals surface area (Å²) in [5.41, 5.74) is 16.5. The summed E-state index contributed by atoms with van der Waals surface area (Å²) < 4.78 is 0. The van der Waals surface area contributed by atoms with E-state index >= 15 is 0 Å². The second-order valence-corrected chi connectivity index (χ2v) is 6.98. The van der Waals surface area contributed by atoms with Crippen molar-refractivity contribution in [3.05, 3.63) is 95.3 Å². The number of benzene rings is 2. The minimum atomic E-state index is 0.0687. The first-order chi connectivity index (χ1) is 14.5. The van der Waals surface area contributed by atoms with Gasteiger partial charge >= 0.3 is 0 Å². The molecule has 0 unspecified atom stereocenters. The fraction of sp³-hybridized carbons (Fsp3) is 0. The molecular formula is C24H22N6. The van der Waals surface area contributed by atoms with Gasteiger partial charge in [0.1, 0.15) is 11.7 Å². The van der Waals surface area contributed by atoms with Crippen molar-refractivity contribution < 1.29 is 0 Å². The molecule has 0 aliphatic rings. The molecule has 0 atom stereocenters. The highest BCUT2D eigenvalue weighted by Crippen LogP contribution is 2.19. The van der Waals surface area contributed by atoms with Crippen molar-refractivity contribution in [2.75, 3.05) is 0 Å². The molecule has 0 bridgehead atoms. The van der Waals surface area contributed by atoms with Gasteiger partial charge in [0.25, 0.3) is 0 Å². The van der Waals surface area contributed by atoms with E-state index in [0.29, 0.717) is 0 Å². The van der Waals surface area contributed by atoms with E-state index in [1.165, 1.54) is 0 Å². The summed E-state index contributed by atoms with van der Waals surface area (Å²) in [6, 6.07) is 15.4. The van der Waals surface area contributed by atoms with Crippen LogP contribution in [0.5, 0.6) is 0 Å². The molecule has 0 fully saturated rings. The van der Waals surface area contributed by atoms with E-state index in [1.807, 2.05) is 85.0 Å². The van der Waals surface area contributed by atoms with E-state index in [1.54, 1.807) is 0 Å². The molecule has 0 spiro atoms. The van der Waals surface area contributed by atoms with Gasteiger partial charge in [0, 0.05) is 44.3 Å². The number of nitrogen functional groups attached to an aromatic ring is 2. The Labute approximate surface area is 173 Å². The Morgan fingerprint density at radius 1 is 0.633 bits per heavy atom. The molecule has 0 saturated carbocycles. The number of H-pyrrole nitrogens is 2. The van der Waals surface area contributed by atoms with Gasteiger partial charge in [0.2, 0.25) is 0 Å². The minimum Gasteiger partial charge on any atom is -0.384 e. The second-order valence-electron chi connectivity index (χ2n) is 6.98. The summed E-state index contributed by atoms with van der Waals surface area (Å²) in [5.74, 6) is 0.137. The van der Waals surface area contributed by atoms with Crippen LogP contribution in [-0.2, 0) is 0 Å². The first-order valence-corrected chi connectivity index (χ1v) is 9.45. The van der Waals surface area contributed by atoms with Crippen molar-refractivity contribution in [3.63, 3.8) is 0 Å². The molecule has 30 heavy (non-hydrogen) atoms. The molecule has 2 heterocycles. The summed E-state index contributed by atoms with van der Waals surface area (Å²) in [5, 5.41) is 17.1. The number of hydrogen-bond acceptors (Lipinski definition) is 2. The van der Waals surface area contributed by atoms with Crippen molar-refractivity contribution in [3.8, 4) is 0 Å². The lowest BCUT2D eigenvalue weighted by Crippen LogP contribution is -2.10. The van der Waals surface area contributed by atoms with Crippen LogP contribution in [-0.4, -0.2) is 21.6 Å². The van der Waals surface area contributed by atoms with Gasteiger partial charge in [0.05, 0.1) is 0 Å². The molecular weight excluding hydrogens is 372 g/mol. The van der Waals surface area contributed by atoms with E-state index in [2.05, 4.69) is 9.97 Å². The molecule has 4 rings (SSSR count). The molecule has 0 radical (unpaired) electrons.